The fourth-order valence-corrected chi connectivity index (χ4v) is 3.50. The molecule has 1 aliphatic rings. The van der Waals surface area contributed by atoms with Gasteiger partial charge in [0.05, 0.1) is 17.9 Å². The summed E-state index contributed by atoms with van der Waals surface area (Å²) in [5, 5.41) is 0. The van der Waals surface area contributed by atoms with Crippen molar-refractivity contribution in [1.82, 2.24) is 24.3 Å². The molecule has 122 valence electrons. The number of hydrogen-bond acceptors (Lipinski definition) is 4. The zero-order valence-electron chi connectivity index (χ0n) is 13.6. The zero-order chi connectivity index (χ0) is 16.5. The van der Waals surface area contributed by atoms with Crippen molar-refractivity contribution < 1.29 is 4.79 Å². The van der Waals surface area contributed by atoms with Crippen molar-refractivity contribution in [2.45, 2.75) is 25.7 Å². The smallest absolute Gasteiger partial charge is 0.253 e. The van der Waals surface area contributed by atoms with E-state index >= 15 is 0 Å². The van der Waals surface area contributed by atoms with Crippen LogP contribution in [0.4, 0.5) is 0 Å². The van der Waals surface area contributed by atoms with Gasteiger partial charge in [0.1, 0.15) is 5.82 Å². The number of imidazole rings is 1. The topological polar surface area (TPSA) is 63.4 Å². The molecule has 4 heterocycles. The summed E-state index contributed by atoms with van der Waals surface area (Å²) in [6, 6.07) is 3.54. The summed E-state index contributed by atoms with van der Waals surface area (Å²) in [4.78, 5) is 27.4. The molecule has 1 aliphatic heterocycles. The van der Waals surface area contributed by atoms with Gasteiger partial charge < -0.3 is 4.90 Å². The van der Waals surface area contributed by atoms with Crippen LogP contribution in [0.5, 0.6) is 0 Å². The first kappa shape index (κ1) is 14.8. The molecule has 0 aliphatic carbocycles. The number of pyridine rings is 1. The minimum Gasteiger partial charge on any atom is -0.338 e. The zero-order valence-corrected chi connectivity index (χ0v) is 13.6. The maximum absolute atomic E-state index is 12.7. The average Bonchev–Trinajstić information content (AvgIpc) is 3.03. The molecule has 0 aromatic carbocycles. The Hall–Kier alpha value is -2.76. The van der Waals surface area contributed by atoms with Crippen molar-refractivity contribution in [3.05, 3.63) is 60.2 Å². The molecule has 0 unspecified atom stereocenters. The first-order chi connectivity index (χ1) is 11.7. The third-order valence-corrected chi connectivity index (χ3v) is 4.69. The lowest BCUT2D eigenvalue weighted by Crippen LogP contribution is -2.39. The number of fused-ring (bicyclic) bond motifs is 1. The summed E-state index contributed by atoms with van der Waals surface area (Å²) in [7, 11) is 0. The van der Waals surface area contributed by atoms with Crippen LogP contribution in [0, 0.1) is 6.92 Å². The lowest BCUT2D eigenvalue weighted by Gasteiger charge is -2.33. The number of aromatic nitrogens is 4. The van der Waals surface area contributed by atoms with Crippen LogP contribution in [0.2, 0.25) is 0 Å². The van der Waals surface area contributed by atoms with Crippen LogP contribution in [-0.4, -0.2) is 43.2 Å². The number of carbonyl (C=O) groups is 1. The monoisotopic (exact) mass is 321 g/mol. The molecule has 1 atom stereocenters. The number of carbonyl (C=O) groups excluding carboxylic acids is 1. The van der Waals surface area contributed by atoms with E-state index in [0.717, 1.165) is 36.4 Å². The number of hydrogen-bond donors (Lipinski definition) is 0. The van der Waals surface area contributed by atoms with Crippen LogP contribution >= 0.6 is 0 Å². The Kier molecular flexibility index (Phi) is 3.72. The predicted molar refractivity (Wildman–Crippen MR) is 89.8 cm³/mol. The lowest BCUT2D eigenvalue weighted by atomic mass is 9.94. The number of piperidine rings is 1. The Balaban J connectivity index is 1.63. The van der Waals surface area contributed by atoms with E-state index in [2.05, 4.69) is 19.4 Å². The van der Waals surface area contributed by atoms with Gasteiger partial charge in [-0.25, -0.2) is 4.98 Å². The highest BCUT2D eigenvalue weighted by molar-refractivity contribution is 5.94. The molecule has 0 spiro atoms. The van der Waals surface area contributed by atoms with Gasteiger partial charge in [-0.05, 0) is 31.9 Å². The molecule has 4 rings (SSSR count). The SMILES string of the molecule is Cc1ncc2cncc([C@@H]3CCCN(C(=O)c4ccncc4)C3)n12. The van der Waals surface area contributed by atoms with E-state index in [1.165, 1.54) is 0 Å². The van der Waals surface area contributed by atoms with Gasteiger partial charge in [0.2, 0.25) is 0 Å². The van der Waals surface area contributed by atoms with Gasteiger partial charge >= 0.3 is 0 Å². The molecule has 24 heavy (non-hydrogen) atoms. The van der Waals surface area contributed by atoms with Gasteiger partial charge in [-0.3, -0.25) is 19.2 Å². The molecule has 3 aromatic rings. The van der Waals surface area contributed by atoms with Gasteiger partial charge in [-0.15, -0.1) is 0 Å². The maximum Gasteiger partial charge on any atom is 0.253 e. The Labute approximate surface area is 140 Å². The van der Waals surface area contributed by atoms with Crippen molar-refractivity contribution >= 4 is 11.4 Å². The normalized spacial score (nSPS) is 18.0. The molecule has 3 aromatic heterocycles. The fourth-order valence-electron chi connectivity index (χ4n) is 3.50. The van der Waals surface area contributed by atoms with Gasteiger partial charge in [-0.2, -0.15) is 0 Å². The Bertz CT molecular complexity index is 874. The number of rotatable bonds is 2. The highest BCUT2D eigenvalue weighted by atomic mass is 16.2. The molecule has 0 N–H and O–H groups in total. The van der Waals surface area contributed by atoms with Crippen LogP contribution in [0.15, 0.2) is 43.1 Å². The molecule has 0 radical (unpaired) electrons. The summed E-state index contributed by atoms with van der Waals surface area (Å²) in [6.45, 7) is 3.50. The second-order valence-corrected chi connectivity index (χ2v) is 6.22. The second-order valence-electron chi connectivity index (χ2n) is 6.22. The minimum atomic E-state index is 0.0737. The maximum atomic E-state index is 12.7. The molecule has 0 bridgehead atoms. The largest absolute Gasteiger partial charge is 0.338 e. The Morgan fingerprint density at radius 3 is 2.83 bits per heavy atom. The van der Waals surface area contributed by atoms with Crippen LogP contribution < -0.4 is 0 Å². The van der Waals surface area contributed by atoms with E-state index in [4.69, 9.17) is 0 Å². The quantitative estimate of drug-likeness (QED) is 0.727. The number of likely N-dealkylation sites (tertiary alicyclic amines) is 1. The molecule has 0 saturated carbocycles. The molecule has 6 heteroatoms. The highest BCUT2D eigenvalue weighted by Gasteiger charge is 2.27. The Morgan fingerprint density at radius 1 is 1.17 bits per heavy atom. The summed E-state index contributed by atoms with van der Waals surface area (Å²) >= 11 is 0. The van der Waals surface area contributed by atoms with E-state index in [-0.39, 0.29) is 11.8 Å². The van der Waals surface area contributed by atoms with Crippen LogP contribution in [-0.2, 0) is 0 Å². The van der Waals surface area contributed by atoms with Gasteiger partial charge in [0.25, 0.3) is 5.91 Å². The molecule has 6 nitrogen and oxygen atoms in total. The summed E-state index contributed by atoms with van der Waals surface area (Å²) in [5.41, 5.74) is 2.83. The van der Waals surface area contributed by atoms with Gasteiger partial charge in [0, 0.05) is 48.9 Å². The summed E-state index contributed by atoms with van der Waals surface area (Å²) in [5.74, 6) is 1.30. The third-order valence-electron chi connectivity index (χ3n) is 4.69. The van der Waals surface area contributed by atoms with E-state index in [1.807, 2.05) is 30.4 Å². The minimum absolute atomic E-state index is 0.0737. The lowest BCUT2D eigenvalue weighted by molar-refractivity contribution is 0.0705. The number of amides is 1. The van der Waals surface area contributed by atoms with E-state index in [0.29, 0.717) is 12.1 Å². The van der Waals surface area contributed by atoms with Crippen LogP contribution in [0.3, 0.4) is 0 Å². The van der Waals surface area contributed by atoms with Crippen molar-refractivity contribution in [1.29, 1.82) is 0 Å². The molecule has 1 fully saturated rings. The van der Waals surface area contributed by atoms with Crippen LogP contribution in [0.1, 0.15) is 40.6 Å². The number of nitrogens with zero attached hydrogens (tertiary/aromatic N) is 5. The summed E-state index contributed by atoms with van der Waals surface area (Å²) < 4.78 is 2.15. The molecular formula is C18H19N5O. The standard InChI is InChI=1S/C18H19N5O/c1-13-21-10-16-9-20-11-17(23(13)16)15-3-2-8-22(12-15)18(24)14-4-6-19-7-5-14/h4-7,9-11,15H,2-3,8,12H2,1H3/t15-/m1/s1. The second kappa shape index (κ2) is 6.03. The molecule has 1 amide bonds. The number of aryl methyl sites for hydroxylation is 1. The highest BCUT2D eigenvalue weighted by Crippen LogP contribution is 2.28. The molecular weight excluding hydrogens is 302 g/mol. The summed E-state index contributed by atoms with van der Waals surface area (Å²) in [6.07, 6.45) is 10.9. The third kappa shape index (κ3) is 2.54. The Morgan fingerprint density at radius 2 is 2.00 bits per heavy atom. The van der Waals surface area contributed by atoms with E-state index in [9.17, 15) is 4.79 Å². The van der Waals surface area contributed by atoms with Gasteiger partial charge in [-0.1, -0.05) is 0 Å². The average molecular weight is 321 g/mol. The van der Waals surface area contributed by atoms with Crippen molar-refractivity contribution in [2.75, 3.05) is 13.1 Å². The van der Waals surface area contributed by atoms with E-state index in [1.54, 1.807) is 24.5 Å². The molecule has 1 saturated heterocycles. The van der Waals surface area contributed by atoms with Crippen LogP contribution in [0.25, 0.3) is 5.52 Å². The van der Waals surface area contributed by atoms with E-state index < -0.39 is 0 Å². The van der Waals surface area contributed by atoms with Crippen molar-refractivity contribution in [3.63, 3.8) is 0 Å². The van der Waals surface area contributed by atoms with Crippen molar-refractivity contribution in [3.8, 4) is 0 Å². The first-order valence-corrected chi connectivity index (χ1v) is 8.21. The van der Waals surface area contributed by atoms with Crippen molar-refractivity contribution in [2.24, 2.45) is 0 Å². The predicted octanol–water partition coefficient (Wildman–Crippen LogP) is 2.45. The van der Waals surface area contributed by atoms with Gasteiger partial charge in [0.15, 0.2) is 0 Å². The fraction of sp³-hybridized carbons (Fsp3) is 0.333. The first-order valence-electron chi connectivity index (χ1n) is 8.21.